The van der Waals surface area contributed by atoms with Gasteiger partial charge in [0.2, 0.25) is 0 Å². The van der Waals surface area contributed by atoms with Gasteiger partial charge in [-0.15, -0.1) is 0 Å². The van der Waals surface area contributed by atoms with E-state index in [-0.39, 0.29) is 0 Å². The quantitative estimate of drug-likeness (QED) is 0.645. The molecule has 1 aromatic rings. The van der Waals surface area contributed by atoms with Crippen LogP contribution in [0.25, 0.3) is 0 Å². The van der Waals surface area contributed by atoms with Crippen molar-refractivity contribution >= 4 is 15.0 Å². The third kappa shape index (κ3) is 2.02. The molecule has 4 rings (SSSR count). The third-order valence-corrected chi connectivity index (χ3v) is 9.50. The molecule has 1 heterocycles. The molecule has 0 aromatic heterocycles. The molecule has 118 valence electrons. The molecule has 1 aliphatic heterocycles. The van der Waals surface area contributed by atoms with E-state index in [4.69, 9.17) is 4.74 Å². The van der Waals surface area contributed by atoms with E-state index in [2.05, 4.69) is 24.8 Å². The topological polar surface area (TPSA) is 29.5 Å². The molecular formula is C19H24O2Se. The molecule has 1 saturated carbocycles. The summed E-state index contributed by atoms with van der Waals surface area (Å²) < 4.78 is 5.45. The second kappa shape index (κ2) is 5.40. The van der Waals surface area contributed by atoms with Crippen molar-refractivity contribution in [1.29, 1.82) is 0 Å². The molecule has 0 unspecified atom stereocenters. The number of aryl methyl sites for hydroxylation is 1. The summed E-state index contributed by atoms with van der Waals surface area (Å²) in [5, 5.41) is 12.3. The van der Waals surface area contributed by atoms with Crippen LogP contribution < -0.4 is 4.74 Å². The second-order valence-electron chi connectivity index (χ2n) is 7.02. The molecule has 0 radical (unpaired) electrons. The fraction of sp³-hybridized carbons (Fsp3) is 0.579. The van der Waals surface area contributed by atoms with Gasteiger partial charge in [0.1, 0.15) is 0 Å². The second-order valence-corrected chi connectivity index (χ2v) is 9.39. The summed E-state index contributed by atoms with van der Waals surface area (Å²) in [6, 6.07) is 6.61. The van der Waals surface area contributed by atoms with Crippen molar-refractivity contribution in [3.63, 3.8) is 0 Å². The van der Waals surface area contributed by atoms with Crippen LogP contribution in [0, 0.1) is 17.8 Å². The Morgan fingerprint density at radius 2 is 2.23 bits per heavy atom. The van der Waals surface area contributed by atoms with Crippen molar-refractivity contribution in [2.75, 3.05) is 7.11 Å². The van der Waals surface area contributed by atoms with Crippen molar-refractivity contribution in [2.45, 2.75) is 41.4 Å². The van der Waals surface area contributed by atoms with E-state index in [1.54, 1.807) is 7.11 Å². The summed E-state index contributed by atoms with van der Waals surface area (Å²) in [5.74, 6) is 2.41. The third-order valence-electron chi connectivity index (χ3n) is 6.16. The molecule has 1 saturated heterocycles. The Hall–Kier alpha value is -0.761. The van der Waals surface area contributed by atoms with E-state index >= 15 is 0 Å². The van der Waals surface area contributed by atoms with Gasteiger partial charge in [-0.1, -0.05) is 0 Å². The molecule has 3 aliphatic rings. The predicted octanol–water partition coefficient (Wildman–Crippen LogP) is 3.38. The average molecular weight is 363 g/mol. The van der Waals surface area contributed by atoms with Crippen LogP contribution in [0.4, 0.5) is 0 Å². The summed E-state index contributed by atoms with van der Waals surface area (Å²) in [7, 11) is 1.75. The molecule has 0 amide bonds. The maximum absolute atomic E-state index is 11.3. The Balaban J connectivity index is 1.70. The van der Waals surface area contributed by atoms with Crippen LogP contribution in [0.1, 0.15) is 35.2 Å². The fourth-order valence-corrected chi connectivity index (χ4v) is 8.87. The van der Waals surface area contributed by atoms with Gasteiger partial charge in [-0.2, -0.15) is 0 Å². The van der Waals surface area contributed by atoms with Gasteiger partial charge < -0.3 is 0 Å². The zero-order valence-electron chi connectivity index (χ0n) is 13.1. The van der Waals surface area contributed by atoms with Crippen molar-refractivity contribution in [2.24, 2.45) is 17.8 Å². The number of ether oxygens (including phenoxy) is 1. The van der Waals surface area contributed by atoms with E-state index in [0.717, 1.165) is 23.9 Å². The molecule has 2 fully saturated rings. The van der Waals surface area contributed by atoms with Crippen molar-refractivity contribution < 1.29 is 9.84 Å². The number of aliphatic hydroxyl groups is 1. The Bertz CT molecular complexity index is 599. The van der Waals surface area contributed by atoms with E-state index in [1.165, 1.54) is 24.0 Å². The first kappa shape index (κ1) is 14.8. The normalized spacial score (nSPS) is 39.5. The molecule has 5 atom stereocenters. The maximum atomic E-state index is 11.3. The average Bonchev–Trinajstić information content (AvgIpc) is 2.90. The van der Waals surface area contributed by atoms with E-state index < -0.39 is 5.60 Å². The van der Waals surface area contributed by atoms with Gasteiger partial charge >= 0.3 is 139 Å². The molecule has 22 heavy (non-hydrogen) atoms. The molecule has 1 N–H and O–H groups in total. The summed E-state index contributed by atoms with van der Waals surface area (Å²) >= 11 is 0.461. The van der Waals surface area contributed by atoms with Crippen LogP contribution in [0.5, 0.6) is 5.75 Å². The van der Waals surface area contributed by atoms with Crippen LogP contribution in [-0.2, 0) is 6.42 Å². The molecule has 3 heteroatoms. The van der Waals surface area contributed by atoms with Crippen LogP contribution in [0.3, 0.4) is 0 Å². The summed E-state index contributed by atoms with van der Waals surface area (Å²) in [5.41, 5.74) is 2.56. The van der Waals surface area contributed by atoms with Crippen molar-refractivity contribution in [3.05, 3.63) is 42.0 Å². The van der Waals surface area contributed by atoms with E-state index in [0.29, 0.717) is 37.5 Å². The zero-order chi connectivity index (χ0) is 15.3. The van der Waals surface area contributed by atoms with Gasteiger partial charge in [0.25, 0.3) is 0 Å². The van der Waals surface area contributed by atoms with Gasteiger partial charge in [0, 0.05) is 0 Å². The summed E-state index contributed by atoms with van der Waals surface area (Å²) in [6.07, 6.45) is 6.69. The number of methoxy groups -OCH3 is 1. The zero-order valence-corrected chi connectivity index (χ0v) is 14.8. The Labute approximate surface area is 139 Å². The Morgan fingerprint density at radius 3 is 3.00 bits per heavy atom. The minimum absolute atomic E-state index is 0.312. The summed E-state index contributed by atoms with van der Waals surface area (Å²) in [4.78, 5) is 0.667. The minimum atomic E-state index is -0.459. The van der Waals surface area contributed by atoms with Crippen LogP contribution in [0.2, 0.25) is 5.32 Å². The van der Waals surface area contributed by atoms with Crippen molar-refractivity contribution in [1.82, 2.24) is 0 Å². The molecule has 2 nitrogen and oxygen atoms in total. The van der Waals surface area contributed by atoms with E-state index in [9.17, 15) is 5.11 Å². The van der Waals surface area contributed by atoms with Crippen molar-refractivity contribution in [3.8, 4) is 5.75 Å². The van der Waals surface area contributed by atoms with Gasteiger partial charge in [-0.05, 0) is 0 Å². The molecular weight excluding hydrogens is 339 g/mol. The van der Waals surface area contributed by atoms with Crippen LogP contribution in [0.15, 0.2) is 30.9 Å². The Kier molecular flexibility index (Phi) is 3.64. The van der Waals surface area contributed by atoms with Gasteiger partial charge in [-0.3, -0.25) is 0 Å². The monoisotopic (exact) mass is 364 g/mol. The van der Waals surface area contributed by atoms with Gasteiger partial charge in [0.15, 0.2) is 0 Å². The first-order chi connectivity index (χ1) is 10.7. The number of hydrogen-bond donors (Lipinski definition) is 1. The number of fused-ring (bicyclic) bond motifs is 5. The van der Waals surface area contributed by atoms with Gasteiger partial charge in [0.05, 0.1) is 0 Å². The first-order valence-electron chi connectivity index (χ1n) is 8.30. The SMILES string of the molecule is C=C[C@@H]1CC[C@H]2[C@@H]3CCc4ccc(OC)cc4[C@H]3[Se]C[C@@]12O. The fourth-order valence-electron chi connectivity index (χ4n) is 5.00. The first-order valence-corrected chi connectivity index (χ1v) is 10.5. The molecule has 0 spiro atoms. The van der Waals surface area contributed by atoms with Crippen LogP contribution in [-0.4, -0.2) is 32.8 Å². The molecule has 1 aromatic carbocycles. The van der Waals surface area contributed by atoms with Crippen LogP contribution >= 0.6 is 0 Å². The summed E-state index contributed by atoms with van der Waals surface area (Å²) in [6.45, 7) is 3.97. The van der Waals surface area contributed by atoms with E-state index in [1.807, 2.05) is 6.08 Å². The predicted molar refractivity (Wildman–Crippen MR) is 89.5 cm³/mol. The number of rotatable bonds is 2. The number of benzene rings is 1. The molecule has 0 bridgehead atoms. The molecule has 2 aliphatic carbocycles. The van der Waals surface area contributed by atoms with Gasteiger partial charge in [-0.25, -0.2) is 0 Å². The number of hydrogen-bond acceptors (Lipinski definition) is 2. The Morgan fingerprint density at radius 1 is 1.36 bits per heavy atom. The standard InChI is InChI=1S/C19H24O2Se/c1-3-13-6-9-17-15-8-5-12-4-7-14(21-2)10-16(12)18(15)22-11-19(13,17)20/h3-4,7,10,13,15,17-18,20H,1,5-6,8-9,11H2,2H3/t13-,15+,17+,18+,19-/m1/s1.